The average molecular weight is 416 g/mol. The predicted octanol–water partition coefficient (Wildman–Crippen LogP) is 4.60. The molecule has 0 radical (unpaired) electrons. The van der Waals surface area contributed by atoms with Crippen LogP contribution >= 0.6 is 0 Å². The molecule has 0 fully saturated rings. The van der Waals surface area contributed by atoms with E-state index in [2.05, 4.69) is 51.6 Å². The largest absolute Gasteiger partial charge is 0.492 e. The molecule has 0 aliphatic carbocycles. The Morgan fingerprint density at radius 2 is 1.84 bits per heavy atom. The Hall–Kier alpha value is -3.18. The minimum Gasteiger partial charge on any atom is -0.492 e. The summed E-state index contributed by atoms with van der Waals surface area (Å²) >= 11 is 0. The van der Waals surface area contributed by atoms with Gasteiger partial charge >= 0.3 is 0 Å². The fourth-order valence-electron chi connectivity index (χ4n) is 4.02. The molecule has 160 valence electrons. The van der Waals surface area contributed by atoms with Crippen molar-refractivity contribution in [2.45, 2.75) is 38.9 Å². The van der Waals surface area contributed by atoms with Crippen molar-refractivity contribution in [1.82, 2.24) is 15.2 Å². The van der Waals surface area contributed by atoms with E-state index in [0.717, 1.165) is 11.3 Å². The van der Waals surface area contributed by atoms with Crippen molar-refractivity contribution in [1.29, 1.82) is 0 Å². The first kappa shape index (κ1) is 21.1. The molecular weight excluding hydrogens is 386 g/mol. The molecule has 1 atom stereocenters. The molecular formula is C26H29N3O2. The summed E-state index contributed by atoms with van der Waals surface area (Å²) in [7, 11) is 0. The number of carbonyl (C=O) groups excluding carboxylic acids is 1. The molecule has 1 N–H and O–H groups in total. The summed E-state index contributed by atoms with van der Waals surface area (Å²) in [5, 5.41) is 3.16. The van der Waals surface area contributed by atoms with E-state index in [1.807, 2.05) is 45.0 Å². The second-order valence-corrected chi connectivity index (χ2v) is 8.90. The number of hydrogen-bond donors (Lipinski definition) is 1. The maximum Gasteiger partial charge on any atom is 0.242 e. The van der Waals surface area contributed by atoms with Crippen LogP contribution in [0.2, 0.25) is 0 Å². The van der Waals surface area contributed by atoms with Crippen LogP contribution in [0.25, 0.3) is 11.1 Å². The molecule has 1 aromatic heterocycles. The highest BCUT2D eigenvalue weighted by Crippen LogP contribution is 2.34. The number of carbonyl (C=O) groups is 1. The lowest BCUT2D eigenvalue weighted by atomic mass is 9.97. The van der Waals surface area contributed by atoms with Gasteiger partial charge in [0.15, 0.2) is 0 Å². The van der Waals surface area contributed by atoms with E-state index in [-0.39, 0.29) is 11.4 Å². The molecule has 3 aromatic rings. The number of aromatic nitrogens is 1. The van der Waals surface area contributed by atoms with Crippen molar-refractivity contribution in [3.8, 4) is 16.9 Å². The predicted molar refractivity (Wildman–Crippen MR) is 123 cm³/mol. The van der Waals surface area contributed by atoms with Crippen molar-refractivity contribution in [3.05, 3.63) is 84.2 Å². The minimum atomic E-state index is -0.478. The smallest absolute Gasteiger partial charge is 0.242 e. The molecule has 5 heteroatoms. The Morgan fingerprint density at radius 3 is 2.61 bits per heavy atom. The van der Waals surface area contributed by atoms with E-state index < -0.39 is 6.04 Å². The summed E-state index contributed by atoms with van der Waals surface area (Å²) in [6.07, 6.45) is 3.46. The first-order valence-electron chi connectivity index (χ1n) is 10.7. The summed E-state index contributed by atoms with van der Waals surface area (Å²) in [6, 6.07) is 20.1. The van der Waals surface area contributed by atoms with Gasteiger partial charge in [-0.2, -0.15) is 0 Å². The SMILES string of the molecule is CC(C)(C)NC(=O)C1c2cnccc2OCCN1Cc1ccccc1-c1ccccc1. The van der Waals surface area contributed by atoms with E-state index in [0.29, 0.717) is 19.7 Å². The summed E-state index contributed by atoms with van der Waals surface area (Å²) in [5.41, 5.74) is 3.99. The first-order chi connectivity index (χ1) is 14.9. The van der Waals surface area contributed by atoms with Crippen LogP contribution in [-0.4, -0.2) is 34.5 Å². The average Bonchev–Trinajstić information content (AvgIpc) is 2.92. The molecule has 0 bridgehead atoms. The van der Waals surface area contributed by atoms with Gasteiger partial charge in [0.05, 0.1) is 0 Å². The summed E-state index contributed by atoms with van der Waals surface area (Å²) in [6.45, 7) is 7.78. The lowest BCUT2D eigenvalue weighted by molar-refractivity contribution is -0.128. The van der Waals surface area contributed by atoms with Gasteiger partial charge in [-0.05, 0) is 43.5 Å². The Morgan fingerprint density at radius 1 is 1.10 bits per heavy atom. The van der Waals surface area contributed by atoms with Gasteiger partial charge in [0.25, 0.3) is 0 Å². The number of rotatable bonds is 4. The molecule has 31 heavy (non-hydrogen) atoms. The highest BCUT2D eigenvalue weighted by atomic mass is 16.5. The van der Waals surface area contributed by atoms with Crippen molar-refractivity contribution in [3.63, 3.8) is 0 Å². The molecule has 0 saturated heterocycles. The number of nitrogens with one attached hydrogen (secondary N) is 1. The van der Waals surface area contributed by atoms with Gasteiger partial charge in [0.2, 0.25) is 5.91 Å². The van der Waals surface area contributed by atoms with Gasteiger partial charge in [-0.1, -0.05) is 54.6 Å². The fraction of sp³-hybridized carbons (Fsp3) is 0.308. The zero-order valence-electron chi connectivity index (χ0n) is 18.3. The second-order valence-electron chi connectivity index (χ2n) is 8.90. The molecule has 5 nitrogen and oxygen atoms in total. The van der Waals surface area contributed by atoms with Crippen molar-refractivity contribution in [2.75, 3.05) is 13.2 Å². The quantitative estimate of drug-likeness (QED) is 0.677. The standard InChI is InChI=1S/C26H29N3O2/c1-26(2,3)28-25(30)24-22-17-27-14-13-23(22)31-16-15-29(24)18-20-11-7-8-12-21(20)19-9-5-4-6-10-19/h4-14,17,24H,15-16,18H2,1-3H3,(H,28,30). The number of pyridine rings is 1. The molecule has 0 spiro atoms. The van der Waals surface area contributed by atoms with Crippen molar-refractivity contribution in [2.24, 2.45) is 0 Å². The molecule has 1 unspecified atom stereocenters. The monoisotopic (exact) mass is 415 g/mol. The van der Waals surface area contributed by atoms with Crippen LogP contribution in [0.15, 0.2) is 73.1 Å². The Bertz CT molecular complexity index is 1040. The molecule has 1 amide bonds. The van der Waals surface area contributed by atoms with E-state index in [1.165, 1.54) is 16.7 Å². The molecule has 2 aromatic carbocycles. The van der Waals surface area contributed by atoms with Crippen LogP contribution in [0.5, 0.6) is 5.75 Å². The Kier molecular flexibility index (Phi) is 6.05. The molecule has 0 saturated carbocycles. The fourth-order valence-corrected chi connectivity index (χ4v) is 4.02. The minimum absolute atomic E-state index is 0.0376. The van der Waals surface area contributed by atoms with E-state index in [4.69, 9.17) is 4.74 Å². The van der Waals surface area contributed by atoms with Crippen LogP contribution in [0, 0.1) is 0 Å². The third kappa shape index (κ3) is 4.94. The second kappa shape index (κ2) is 8.90. The van der Waals surface area contributed by atoms with Crippen LogP contribution in [0.3, 0.4) is 0 Å². The van der Waals surface area contributed by atoms with Crippen molar-refractivity contribution >= 4 is 5.91 Å². The summed E-state index contributed by atoms with van der Waals surface area (Å²) in [5.74, 6) is 0.687. The number of hydrogen-bond acceptors (Lipinski definition) is 4. The third-order valence-corrected chi connectivity index (χ3v) is 5.33. The summed E-state index contributed by atoms with van der Waals surface area (Å²) in [4.78, 5) is 19.9. The normalized spacial score (nSPS) is 16.7. The van der Waals surface area contributed by atoms with Crippen molar-refractivity contribution < 1.29 is 9.53 Å². The zero-order chi connectivity index (χ0) is 21.8. The number of amides is 1. The molecule has 4 rings (SSSR count). The molecule has 1 aliphatic heterocycles. The van der Waals surface area contributed by atoms with Gasteiger partial charge in [0.1, 0.15) is 18.4 Å². The maximum atomic E-state index is 13.4. The van der Waals surface area contributed by atoms with Crippen LogP contribution in [-0.2, 0) is 11.3 Å². The van der Waals surface area contributed by atoms with Crippen LogP contribution in [0.1, 0.15) is 37.9 Å². The zero-order valence-corrected chi connectivity index (χ0v) is 18.3. The highest BCUT2D eigenvalue weighted by Gasteiger charge is 2.34. The van der Waals surface area contributed by atoms with Gasteiger partial charge < -0.3 is 10.1 Å². The van der Waals surface area contributed by atoms with Gasteiger partial charge in [0, 0.05) is 36.6 Å². The number of nitrogens with zero attached hydrogens (tertiary/aromatic N) is 2. The maximum absolute atomic E-state index is 13.4. The Labute approximate surface area is 184 Å². The molecule has 1 aliphatic rings. The number of fused-ring (bicyclic) bond motifs is 1. The van der Waals surface area contributed by atoms with E-state index >= 15 is 0 Å². The lowest BCUT2D eigenvalue weighted by Crippen LogP contribution is -2.47. The third-order valence-electron chi connectivity index (χ3n) is 5.33. The van der Waals surface area contributed by atoms with E-state index in [9.17, 15) is 4.79 Å². The molecule has 2 heterocycles. The van der Waals surface area contributed by atoms with Gasteiger partial charge in [-0.15, -0.1) is 0 Å². The topological polar surface area (TPSA) is 54.5 Å². The number of ether oxygens (including phenoxy) is 1. The van der Waals surface area contributed by atoms with Crippen LogP contribution < -0.4 is 10.1 Å². The van der Waals surface area contributed by atoms with Gasteiger partial charge in [-0.25, -0.2) is 0 Å². The van der Waals surface area contributed by atoms with Gasteiger partial charge in [-0.3, -0.25) is 14.7 Å². The van der Waals surface area contributed by atoms with E-state index in [1.54, 1.807) is 12.4 Å². The highest BCUT2D eigenvalue weighted by molar-refractivity contribution is 5.84. The number of benzene rings is 2. The summed E-state index contributed by atoms with van der Waals surface area (Å²) < 4.78 is 5.98. The first-order valence-corrected chi connectivity index (χ1v) is 10.7. The van der Waals surface area contributed by atoms with Crippen LogP contribution in [0.4, 0.5) is 0 Å². The Balaban J connectivity index is 1.72. The lowest BCUT2D eigenvalue weighted by Gasteiger charge is -2.32.